The number of nitrogens with zero attached hydrogens (tertiary/aromatic N) is 1. The quantitative estimate of drug-likeness (QED) is 0.393. The third kappa shape index (κ3) is 4.11. The van der Waals surface area contributed by atoms with Gasteiger partial charge in [-0.1, -0.05) is 0 Å². The number of hydrogen-bond acceptors (Lipinski definition) is 5. The molecule has 2 aromatic rings. The van der Waals surface area contributed by atoms with Crippen molar-refractivity contribution in [2.75, 3.05) is 33.3 Å². The standard InChI is InChI=1S/C23H28N2O5/c1-5-24(6-2)13-14-25-20(18-12-7-15(3)30-18)19(22(27)23(25)28)21(26)16-8-10-17(29-4)11-9-16/h7-12,20,26H,5-6,13-14H2,1-4H3/p+1/t20-/m1/s1. The smallest absolute Gasteiger partial charge is 0.295 e. The van der Waals surface area contributed by atoms with Gasteiger partial charge in [-0.15, -0.1) is 0 Å². The first kappa shape index (κ1) is 21.6. The molecule has 2 N–H and O–H groups in total. The number of hydrogen-bond donors (Lipinski definition) is 2. The number of rotatable bonds is 8. The Bertz CT molecular complexity index is 941. The van der Waals surface area contributed by atoms with Gasteiger partial charge in [0, 0.05) is 5.56 Å². The van der Waals surface area contributed by atoms with Crippen LogP contribution in [0.4, 0.5) is 0 Å². The number of carbonyl (C=O) groups is 2. The lowest BCUT2D eigenvalue weighted by molar-refractivity contribution is -0.895. The Morgan fingerprint density at radius 1 is 1.13 bits per heavy atom. The molecule has 0 radical (unpaired) electrons. The van der Waals surface area contributed by atoms with Crippen LogP contribution in [0.2, 0.25) is 0 Å². The van der Waals surface area contributed by atoms with Crippen LogP contribution in [-0.4, -0.2) is 55.0 Å². The van der Waals surface area contributed by atoms with Gasteiger partial charge in [0.1, 0.15) is 29.1 Å². The summed E-state index contributed by atoms with van der Waals surface area (Å²) in [7, 11) is 1.55. The number of aliphatic hydroxyl groups is 1. The lowest BCUT2D eigenvalue weighted by Gasteiger charge is -2.25. The normalized spacial score (nSPS) is 18.4. The van der Waals surface area contributed by atoms with Gasteiger partial charge >= 0.3 is 0 Å². The van der Waals surface area contributed by atoms with Crippen LogP contribution in [-0.2, 0) is 9.59 Å². The van der Waals surface area contributed by atoms with Gasteiger partial charge in [-0.05, 0) is 57.2 Å². The Hall–Kier alpha value is -3.06. The molecule has 3 rings (SSSR count). The van der Waals surface area contributed by atoms with Gasteiger partial charge in [0.2, 0.25) is 0 Å². The summed E-state index contributed by atoms with van der Waals surface area (Å²) in [5.74, 6) is 0.249. The summed E-state index contributed by atoms with van der Waals surface area (Å²) in [5, 5.41) is 11.0. The van der Waals surface area contributed by atoms with E-state index >= 15 is 0 Å². The van der Waals surface area contributed by atoms with Gasteiger partial charge in [-0.25, -0.2) is 0 Å². The molecule has 1 aliphatic heterocycles. The van der Waals surface area contributed by atoms with E-state index < -0.39 is 17.7 Å². The summed E-state index contributed by atoms with van der Waals surface area (Å²) in [5.41, 5.74) is 0.491. The SMILES string of the molecule is CC[NH+](CC)CCN1C(=O)C(=O)C(=C(O)c2ccc(OC)cc2)[C@H]1c1ccc(C)o1. The van der Waals surface area contributed by atoms with E-state index in [-0.39, 0.29) is 11.3 Å². The number of amides is 1. The first-order valence-electron chi connectivity index (χ1n) is 10.2. The Morgan fingerprint density at radius 3 is 2.33 bits per heavy atom. The van der Waals surface area contributed by atoms with E-state index in [1.165, 1.54) is 9.80 Å². The van der Waals surface area contributed by atoms with Crippen LogP contribution < -0.4 is 9.64 Å². The first-order chi connectivity index (χ1) is 14.4. The molecule has 1 aromatic carbocycles. The molecule has 1 aliphatic rings. The van der Waals surface area contributed by atoms with Crippen molar-refractivity contribution in [1.82, 2.24) is 4.90 Å². The number of likely N-dealkylation sites (tertiary alicyclic amines) is 1. The van der Waals surface area contributed by atoms with Crippen molar-refractivity contribution in [2.24, 2.45) is 0 Å². The number of carbonyl (C=O) groups excluding carboxylic acids is 2. The number of Topliss-reactive ketones (excluding diaryl/α,β-unsaturated/α-hetero) is 1. The fraction of sp³-hybridized carbons (Fsp3) is 0.391. The van der Waals surface area contributed by atoms with Gasteiger partial charge < -0.3 is 24.1 Å². The number of ketones is 1. The summed E-state index contributed by atoms with van der Waals surface area (Å²) in [6, 6.07) is 9.50. The second-order valence-electron chi connectivity index (χ2n) is 7.38. The predicted octanol–water partition coefficient (Wildman–Crippen LogP) is 1.94. The van der Waals surface area contributed by atoms with Crippen LogP contribution in [0.5, 0.6) is 5.75 Å². The largest absolute Gasteiger partial charge is 0.507 e. The minimum Gasteiger partial charge on any atom is -0.507 e. The number of furan rings is 1. The molecule has 1 amide bonds. The third-order valence-corrected chi connectivity index (χ3v) is 5.64. The molecule has 1 aromatic heterocycles. The Morgan fingerprint density at radius 2 is 1.80 bits per heavy atom. The molecule has 0 bridgehead atoms. The third-order valence-electron chi connectivity index (χ3n) is 5.64. The molecule has 160 valence electrons. The van der Waals surface area contributed by atoms with Crippen molar-refractivity contribution in [3.05, 3.63) is 59.1 Å². The second-order valence-corrected chi connectivity index (χ2v) is 7.38. The molecule has 7 nitrogen and oxygen atoms in total. The zero-order chi connectivity index (χ0) is 21.8. The number of likely N-dealkylation sites (N-methyl/N-ethyl adjacent to an activating group) is 1. The molecule has 1 atom stereocenters. The topological polar surface area (TPSA) is 84.4 Å². The molecular formula is C23H29N2O5+. The number of methoxy groups -OCH3 is 1. The summed E-state index contributed by atoms with van der Waals surface area (Å²) < 4.78 is 10.9. The van der Waals surface area contributed by atoms with Gasteiger partial charge in [-0.3, -0.25) is 9.59 Å². The van der Waals surface area contributed by atoms with Crippen molar-refractivity contribution in [3.63, 3.8) is 0 Å². The highest BCUT2D eigenvalue weighted by Gasteiger charge is 2.47. The average molecular weight is 413 g/mol. The van der Waals surface area contributed by atoms with E-state index in [2.05, 4.69) is 13.8 Å². The van der Waals surface area contributed by atoms with Crippen LogP contribution in [0.15, 0.2) is 46.4 Å². The molecule has 0 saturated carbocycles. The van der Waals surface area contributed by atoms with E-state index in [1.54, 1.807) is 50.4 Å². The number of quaternary nitrogens is 1. The molecule has 0 aliphatic carbocycles. The van der Waals surface area contributed by atoms with Gasteiger partial charge in [0.05, 0.1) is 38.9 Å². The van der Waals surface area contributed by atoms with Crippen molar-refractivity contribution in [3.8, 4) is 5.75 Å². The van der Waals surface area contributed by atoms with Gasteiger partial charge in [0.15, 0.2) is 0 Å². The number of aliphatic hydroxyl groups excluding tert-OH is 1. The lowest BCUT2D eigenvalue weighted by Crippen LogP contribution is -3.12. The zero-order valence-corrected chi connectivity index (χ0v) is 17.9. The van der Waals surface area contributed by atoms with Crippen molar-refractivity contribution >= 4 is 17.4 Å². The number of benzene rings is 1. The van der Waals surface area contributed by atoms with E-state index in [9.17, 15) is 14.7 Å². The maximum Gasteiger partial charge on any atom is 0.295 e. The van der Waals surface area contributed by atoms with Gasteiger partial charge in [0.25, 0.3) is 11.7 Å². The summed E-state index contributed by atoms with van der Waals surface area (Å²) >= 11 is 0. The minimum atomic E-state index is -0.754. The highest BCUT2D eigenvalue weighted by molar-refractivity contribution is 6.46. The minimum absolute atomic E-state index is 0.0501. The number of aryl methyl sites for hydroxylation is 1. The highest BCUT2D eigenvalue weighted by atomic mass is 16.5. The fourth-order valence-electron chi connectivity index (χ4n) is 3.79. The monoisotopic (exact) mass is 413 g/mol. The second kappa shape index (κ2) is 9.17. The van der Waals surface area contributed by atoms with E-state index in [0.717, 1.165) is 13.1 Å². The van der Waals surface area contributed by atoms with Crippen LogP contribution in [0.1, 0.15) is 37.0 Å². The first-order valence-corrected chi connectivity index (χ1v) is 10.2. The molecule has 1 fully saturated rings. The maximum atomic E-state index is 12.9. The van der Waals surface area contributed by atoms with E-state index in [1.807, 2.05) is 0 Å². The van der Waals surface area contributed by atoms with Crippen molar-refractivity contribution in [1.29, 1.82) is 0 Å². The Kier molecular flexibility index (Phi) is 6.62. The summed E-state index contributed by atoms with van der Waals surface area (Å²) in [6.07, 6.45) is 0. The summed E-state index contributed by atoms with van der Waals surface area (Å²) in [6.45, 7) is 8.94. The molecule has 30 heavy (non-hydrogen) atoms. The number of ether oxygens (including phenoxy) is 1. The number of nitrogens with one attached hydrogen (secondary N) is 1. The van der Waals surface area contributed by atoms with E-state index in [4.69, 9.17) is 9.15 Å². The highest BCUT2D eigenvalue weighted by Crippen LogP contribution is 2.39. The van der Waals surface area contributed by atoms with Crippen LogP contribution in [0.25, 0.3) is 5.76 Å². The van der Waals surface area contributed by atoms with E-state index in [0.29, 0.717) is 35.9 Å². The molecule has 0 unspecified atom stereocenters. The lowest BCUT2D eigenvalue weighted by atomic mass is 9.99. The molecule has 0 spiro atoms. The maximum absolute atomic E-state index is 12.9. The van der Waals surface area contributed by atoms with Gasteiger partial charge in [-0.2, -0.15) is 0 Å². The fourth-order valence-corrected chi connectivity index (χ4v) is 3.79. The Balaban J connectivity index is 2.05. The molecule has 1 saturated heterocycles. The van der Waals surface area contributed by atoms with Crippen molar-refractivity contribution < 1.29 is 28.7 Å². The predicted molar refractivity (Wildman–Crippen MR) is 112 cm³/mol. The molecule has 7 heteroatoms. The van der Waals surface area contributed by atoms with Crippen molar-refractivity contribution in [2.45, 2.75) is 26.8 Å². The summed E-state index contributed by atoms with van der Waals surface area (Å²) in [4.78, 5) is 28.7. The molecular weight excluding hydrogens is 384 g/mol. The Labute approximate surface area is 176 Å². The average Bonchev–Trinajstić information content (AvgIpc) is 3.30. The van der Waals surface area contributed by atoms with Crippen LogP contribution in [0.3, 0.4) is 0 Å². The van der Waals surface area contributed by atoms with Crippen LogP contribution in [0, 0.1) is 6.92 Å². The van der Waals surface area contributed by atoms with Crippen LogP contribution >= 0.6 is 0 Å². The molecule has 2 heterocycles. The zero-order valence-electron chi connectivity index (χ0n) is 17.9.